The van der Waals surface area contributed by atoms with Gasteiger partial charge in [-0.1, -0.05) is 15.9 Å². The molecule has 1 rings (SSSR count). The number of anilines is 1. The average Bonchev–Trinajstić information content (AvgIpc) is 2.29. The molecule has 0 fully saturated rings. The number of urea groups is 1. The molecule has 0 saturated carbocycles. The first-order chi connectivity index (χ1) is 9.14. The van der Waals surface area contributed by atoms with Crippen molar-refractivity contribution in [3.8, 4) is 5.75 Å². The fourth-order valence-electron chi connectivity index (χ4n) is 1.89. The second-order valence-corrected chi connectivity index (χ2v) is 6.31. The molecule has 0 aromatic heterocycles. The Morgan fingerprint density at radius 1 is 1.50 bits per heavy atom. The SMILES string of the molecule is COc1cc(Br)cc(C)c1NC(=O)N(C)CC(C)(C)O. The summed E-state index contributed by atoms with van der Waals surface area (Å²) in [6.07, 6.45) is 0. The van der Waals surface area contributed by atoms with E-state index in [-0.39, 0.29) is 12.6 Å². The number of aryl methyl sites for hydroxylation is 1. The number of ether oxygens (including phenoxy) is 1. The van der Waals surface area contributed by atoms with Gasteiger partial charge in [-0.05, 0) is 38.5 Å². The van der Waals surface area contributed by atoms with Crippen molar-refractivity contribution >= 4 is 27.6 Å². The van der Waals surface area contributed by atoms with Crippen molar-refractivity contribution in [3.63, 3.8) is 0 Å². The summed E-state index contributed by atoms with van der Waals surface area (Å²) >= 11 is 3.39. The highest BCUT2D eigenvalue weighted by atomic mass is 79.9. The first-order valence-electron chi connectivity index (χ1n) is 6.22. The second-order valence-electron chi connectivity index (χ2n) is 5.40. The highest BCUT2D eigenvalue weighted by molar-refractivity contribution is 9.10. The topological polar surface area (TPSA) is 61.8 Å². The number of halogens is 1. The van der Waals surface area contributed by atoms with Gasteiger partial charge in [0.05, 0.1) is 24.9 Å². The van der Waals surface area contributed by atoms with E-state index in [1.54, 1.807) is 34.1 Å². The van der Waals surface area contributed by atoms with Crippen LogP contribution in [0.1, 0.15) is 19.4 Å². The molecule has 2 amide bonds. The minimum absolute atomic E-state index is 0.233. The molecular weight excluding hydrogens is 324 g/mol. The van der Waals surface area contributed by atoms with Crippen molar-refractivity contribution < 1.29 is 14.6 Å². The molecule has 0 bridgehead atoms. The van der Waals surface area contributed by atoms with Gasteiger partial charge in [0, 0.05) is 11.5 Å². The van der Waals surface area contributed by atoms with Gasteiger partial charge in [-0.15, -0.1) is 0 Å². The number of benzene rings is 1. The smallest absolute Gasteiger partial charge is 0.321 e. The Hall–Kier alpha value is -1.27. The van der Waals surface area contributed by atoms with Crippen LogP contribution in [-0.2, 0) is 0 Å². The average molecular weight is 345 g/mol. The fourth-order valence-corrected chi connectivity index (χ4v) is 2.44. The Bertz CT molecular complexity index is 498. The molecule has 20 heavy (non-hydrogen) atoms. The van der Waals surface area contributed by atoms with Gasteiger partial charge >= 0.3 is 6.03 Å². The van der Waals surface area contributed by atoms with Crippen molar-refractivity contribution in [3.05, 3.63) is 22.2 Å². The molecule has 1 aromatic rings. The van der Waals surface area contributed by atoms with Gasteiger partial charge in [-0.3, -0.25) is 0 Å². The standard InChI is InChI=1S/C14H21BrN2O3/c1-9-6-10(15)7-11(20-5)12(9)16-13(18)17(4)8-14(2,3)19/h6-7,19H,8H2,1-5H3,(H,16,18). The molecular formula is C14H21BrN2O3. The van der Waals surface area contributed by atoms with Gasteiger partial charge in [0.1, 0.15) is 5.75 Å². The van der Waals surface area contributed by atoms with Crippen LogP contribution in [-0.4, -0.2) is 42.3 Å². The van der Waals surface area contributed by atoms with Crippen molar-refractivity contribution in [1.82, 2.24) is 4.90 Å². The van der Waals surface area contributed by atoms with Gasteiger partial charge in [-0.2, -0.15) is 0 Å². The molecule has 1 aromatic carbocycles. The Balaban J connectivity index is 2.91. The zero-order chi connectivity index (χ0) is 15.5. The van der Waals surface area contributed by atoms with E-state index in [2.05, 4.69) is 21.2 Å². The predicted octanol–water partition coefficient (Wildman–Crippen LogP) is 3.00. The molecule has 0 saturated heterocycles. The van der Waals surface area contributed by atoms with Crippen LogP contribution < -0.4 is 10.1 Å². The number of carbonyl (C=O) groups is 1. The summed E-state index contributed by atoms with van der Waals surface area (Å²) in [5, 5.41) is 12.6. The number of aliphatic hydroxyl groups is 1. The number of nitrogens with zero attached hydrogens (tertiary/aromatic N) is 1. The lowest BCUT2D eigenvalue weighted by atomic mass is 10.1. The third-order valence-electron chi connectivity index (χ3n) is 2.69. The Morgan fingerprint density at radius 2 is 2.10 bits per heavy atom. The molecule has 5 nitrogen and oxygen atoms in total. The van der Waals surface area contributed by atoms with Crippen LogP contribution in [0.25, 0.3) is 0 Å². The largest absolute Gasteiger partial charge is 0.495 e. The number of rotatable bonds is 4. The molecule has 2 N–H and O–H groups in total. The highest BCUT2D eigenvalue weighted by Gasteiger charge is 2.20. The summed E-state index contributed by atoms with van der Waals surface area (Å²) in [4.78, 5) is 13.6. The van der Waals surface area contributed by atoms with Crippen molar-refractivity contribution in [2.75, 3.05) is 26.0 Å². The van der Waals surface area contributed by atoms with E-state index in [0.717, 1.165) is 10.0 Å². The number of nitrogens with one attached hydrogen (secondary N) is 1. The third kappa shape index (κ3) is 4.68. The molecule has 0 aliphatic heterocycles. The maximum absolute atomic E-state index is 12.1. The number of hydrogen-bond donors (Lipinski definition) is 2. The minimum Gasteiger partial charge on any atom is -0.495 e. The zero-order valence-electron chi connectivity index (χ0n) is 12.5. The maximum Gasteiger partial charge on any atom is 0.321 e. The van der Waals surface area contributed by atoms with E-state index in [1.807, 2.05) is 13.0 Å². The van der Waals surface area contributed by atoms with E-state index >= 15 is 0 Å². The number of likely N-dealkylation sites (N-methyl/N-ethyl adjacent to an activating group) is 1. The van der Waals surface area contributed by atoms with Crippen LogP contribution >= 0.6 is 15.9 Å². The minimum atomic E-state index is -0.940. The van der Waals surface area contributed by atoms with Gasteiger partial charge in [0.15, 0.2) is 0 Å². The Labute approximate surface area is 128 Å². The van der Waals surface area contributed by atoms with E-state index < -0.39 is 5.60 Å². The van der Waals surface area contributed by atoms with Gasteiger partial charge in [-0.25, -0.2) is 4.79 Å². The molecule has 0 heterocycles. The summed E-state index contributed by atoms with van der Waals surface area (Å²) in [5.41, 5.74) is 0.579. The van der Waals surface area contributed by atoms with E-state index in [4.69, 9.17) is 4.74 Å². The lowest BCUT2D eigenvalue weighted by Gasteiger charge is -2.26. The Kier molecular flexibility index (Phi) is 5.42. The van der Waals surface area contributed by atoms with Gasteiger partial charge in [0.25, 0.3) is 0 Å². The summed E-state index contributed by atoms with van der Waals surface area (Å²) < 4.78 is 6.16. The van der Waals surface area contributed by atoms with Crippen LogP contribution in [0.2, 0.25) is 0 Å². The van der Waals surface area contributed by atoms with Crippen molar-refractivity contribution in [2.24, 2.45) is 0 Å². The van der Waals surface area contributed by atoms with Gasteiger partial charge < -0.3 is 20.1 Å². The summed E-state index contributed by atoms with van der Waals surface area (Å²) in [5.74, 6) is 0.585. The van der Waals surface area contributed by atoms with Crippen LogP contribution in [0.4, 0.5) is 10.5 Å². The zero-order valence-corrected chi connectivity index (χ0v) is 14.0. The molecule has 0 radical (unpaired) electrons. The molecule has 0 spiro atoms. The molecule has 0 aliphatic carbocycles. The lowest BCUT2D eigenvalue weighted by molar-refractivity contribution is 0.0550. The predicted molar refractivity (Wildman–Crippen MR) is 83.4 cm³/mol. The number of carbonyl (C=O) groups excluding carboxylic acids is 1. The summed E-state index contributed by atoms with van der Waals surface area (Å²) in [6.45, 7) is 5.43. The number of methoxy groups -OCH3 is 1. The van der Waals surface area contributed by atoms with Crippen molar-refractivity contribution in [2.45, 2.75) is 26.4 Å². The summed E-state index contributed by atoms with van der Waals surface area (Å²) in [6, 6.07) is 3.39. The van der Waals surface area contributed by atoms with Crippen LogP contribution in [0.3, 0.4) is 0 Å². The summed E-state index contributed by atoms with van der Waals surface area (Å²) in [7, 11) is 3.19. The first kappa shape index (κ1) is 16.8. The van der Waals surface area contributed by atoms with Crippen LogP contribution in [0.5, 0.6) is 5.75 Å². The number of hydrogen-bond acceptors (Lipinski definition) is 3. The first-order valence-corrected chi connectivity index (χ1v) is 7.02. The molecule has 6 heteroatoms. The van der Waals surface area contributed by atoms with E-state index in [0.29, 0.717) is 11.4 Å². The van der Waals surface area contributed by atoms with E-state index in [9.17, 15) is 9.90 Å². The molecule has 112 valence electrons. The molecule has 0 atom stereocenters. The van der Waals surface area contributed by atoms with Crippen LogP contribution in [0.15, 0.2) is 16.6 Å². The van der Waals surface area contributed by atoms with Crippen LogP contribution in [0, 0.1) is 6.92 Å². The van der Waals surface area contributed by atoms with E-state index in [1.165, 1.54) is 4.90 Å². The fraction of sp³-hybridized carbons (Fsp3) is 0.500. The number of amides is 2. The Morgan fingerprint density at radius 3 is 2.60 bits per heavy atom. The lowest BCUT2D eigenvalue weighted by Crippen LogP contribution is -2.41. The molecule has 0 unspecified atom stereocenters. The maximum atomic E-state index is 12.1. The molecule has 0 aliphatic rings. The second kappa shape index (κ2) is 6.45. The highest BCUT2D eigenvalue weighted by Crippen LogP contribution is 2.32. The van der Waals surface area contributed by atoms with Crippen molar-refractivity contribution in [1.29, 1.82) is 0 Å². The van der Waals surface area contributed by atoms with Gasteiger partial charge in [0.2, 0.25) is 0 Å². The third-order valence-corrected chi connectivity index (χ3v) is 3.14. The normalized spacial score (nSPS) is 11.2. The quantitative estimate of drug-likeness (QED) is 0.882. The monoisotopic (exact) mass is 344 g/mol.